The lowest BCUT2D eigenvalue weighted by Gasteiger charge is -2.46. The molecule has 2 aromatic rings. The van der Waals surface area contributed by atoms with E-state index in [4.69, 9.17) is 21.1 Å². The molecule has 1 unspecified atom stereocenters. The number of nitrogens with one attached hydrogen (secondary N) is 1. The van der Waals surface area contributed by atoms with Gasteiger partial charge in [0, 0.05) is 41.9 Å². The van der Waals surface area contributed by atoms with E-state index in [1.807, 2.05) is 12.1 Å². The number of esters is 1. The molecule has 1 saturated carbocycles. The Balaban J connectivity index is 1.48. The summed E-state index contributed by atoms with van der Waals surface area (Å²) in [7, 11) is -4.29. The molecule has 0 aromatic heterocycles. The predicted octanol–water partition coefficient (Wildman–Crippen LogP) is 6.96. The number of halogens is 4. The SMILES string of the molecule is CC(=O)O[C@H]1/C=C/C[C@H](C)[C@@H](C)S(=O)(NC(=O)C(F)(F)F)=NC(=O)c2ccc3c(c2)N(C[C@@H]2CC[C@H]21)C[C@@]1(CCCc2cc(Cl)ccc21)CO3. The van der Waals surface area contributed by atoms with E-state index in [2.05, 4.69) is 15.3 Å². The predicted molar refractivity (Wildman–Crippen MR) is 183 cm³/mol. The molecule has 6 rings (SSSR count). The number of alkyl halides is 3. The average Bonchev–Trinajstić information content (AvgIpc) is 3.18. The van der Waals surface area contributed by atoms with Crippen LogP contribution in [0.25, 0.3) is 0 Å². The normalized spacial score (nSPS) is 31.9. The first-order chi connectivity index (χ1) is 23.6. The van der Waals surface area contributed by atoms with E-state index < -0.39 is 56.6 Å². The monoisotopic (exact) mass is 735 g/mol. The van der Waals surface area contributed by atoms with Crippen LogP contribution in [0.15, 0.2) is 52.9 Å². The van der Waals surface area contributed by atoms with Crippen LogP contribution < -0.4 is 14.4 Å². The van der Waals surface area contributed by atoms with Crippen LogP contribution >= 0.6 is 11.6 Å². The summed E-state index contributed by atoms with van der Waals surface area (Å²) in [6, 6.07) is 10.6. The minimum atomic E-state index is -5.35. The molecule has 7 atom stereocenters. The number of carbonyl (C=O) groups is 3. The van der Waals surface area contributed by atoms with Crippen LogP contribution in [-0.2, 0) is 36.1 Å². The minimum absolute atomic E-state index is 0.00657. The molecule has 2 aromatic carbocycles. The number of ether oxygens (including phenoxy) is 2. The van der Waals surface area contributed by atoms with E-state index in [1.165, 1.54) is 19.9 Å². The number of rotatable bonds is 2. The lowest BCUT2D eigenvalue weighted by molar-refractivity contribution is -0.171. The molecular weight excluding hydrogens is 695 g/mol. The van der Waals surface area contributed by atoms with Gasteiger partial charge in [-0.25, -0.2) is 4.21 Å². The Morgan fingerprint density at radius 1 is 1.16 bits per heavy atom. The fourth-order valence-electron chi connectivity index (χ4n) is 7.74. The van der Waals surface area contributed by atoms with Crippen molar-refractivity contribution in [3.8, 4) is 5.75 Å². The van der Waals surface area contributed by atoms with Gasteiger partial charge < -0.3 is 14.4 Å². The summed E-state index contributed by atoms with van der Waals surface area (Å²) in [6.45, 7) is 5.84. The Labute approximate surface area is 295 Å². The zero-order valence-corrected chi connectivity index (χ0v) is 29.7. The van der Waals surface area contributed by atoms with Crippen LogP contribution in [0.4, 0.5) is 18.9 Å². The maximum absolute atomic E-state index is 14.2. The van der Waals surface area contributed by atoms with Gasteiger partial charge in [-0.05, 0) is 105 Å². The van der Waals surface area contributed by atoms with Gasteiger partial charge in [-0.15, -0.1) is 4.36 Å². The van der Waals surface area contributed by atoms with Gasteiger partial charge in [-0.3, -0.25) is 19.1 Å². The Hall–Kier alpha value is -3.58. The lowest BCUT2D eigenvalue weighted by atomic mass is 9.68. The number of allylic oxidation sites excluding steroid dienone is 1. The number of carbonyl (C=O) groups excluding carboxylic acids is 3. The third kappa shape index (κ3) is 7.26. The van der Waals surface area contributed by atoms with E-state index in [0.29, 0.717) is 36.2 Å². The Bertz CT molecular complexity index is 1840. The molecule has 2 heterocycles. The third-order valence-corrected chi connectivity index (χ3v) is 13.4. The molecule has 270 valence electrons. The summed E-state index contributed by atoms with van der Waals surface area (Å²) >= 11 is 6.39. The summed E-state index contributed by atoms with van der Waals surface area (Å²) in [4.78, 5) is 40.3. The Morgan fingerprint density at radius 2 is 1.94 bits per heavy atom. The molecule has 2 aliphatic heterocycles. The first-order valence-corrected chi connectivity index (χ1v) is 18.9. The highest BCUT2D eigenvalue weighted by Crippen LogP contribution is 2.47. The number of anilines is 1. The van der Waals surface area contributed by atoms with Gasteiger partial charge in [0.2, 0.25) is 0 Å². The minimum Gasteiger partial charge on any atom is -0.490 e. The van der Waals surface area contributed by atoms with E-state index in [9.17, 15) is 31.8 Å². The number of hydrogen-bond acceptors (Lipinski definition) is 7. The molecule has 4 aliphatic rings. The highest BCUT2D eigenvalue weighted by molar-refractivity contribution is 7.93. The van der Waals surface area contributed by atoms with Crippen molar-refractivity contribution >= 4 is 45.0 Å². The van der Waals surface area contributed by atoms with Gasteiger partial charge >= 0.3 is 18.1 Å². The standard InChI is InChI=1S/C36H41ClF3N3O6S/c1-21-6-4-8-31(49-23(3)44)28-12-9-26(28)18-43-19-35(15-5-7-24-16-27(37)11-13-29(24)35)20-48-32-14-10-25(17-30(32)43)33(45)41-50(47,22(21)2)42-34(46)36(38,39)40/h4,8,10-11,13-14,16-17,21-22,26,28,31H,5-7,9,12,15,18-20H2,1-3H3,(H,41,42,45,46,47)/b8-4+/t21-,22+,26-,28+,31-,35-,50?/m0/s1. The highest BCUT2D eigenvalue weighted by atomic mass is 35.5. The van der Waals surface area contributed by atoms with Crippen molar-refractivity contribution < 1.29 is 41.2 Å². The fraction of sp³-hybridized carbons (Fsp3) is 0.528. The van der Waals surface area contributed by atoms with Gasteiger partial charge in [0.05, 0.1) is 17.5 Å². The number of amides is 2. The van der Waals surface area contributed by atoms with Gasteiger partial charge in [-0.1, -0.05) is 30.7 Å². The highest BCUT2D eigenvalue weighted by Gasteiger charge is 2.46. The lowest BCUT2D eigenvalue weighted by Crippen LogP contribution is -2.49. The Kier molecular flexibility index (Phi) is 10.0. The maximum Gasteiger partial charge on any atom is 0.472 e. The largest absolute Gasteiger partial charge is 0.490 e. The number of hydrogen-bond donors (Lipinski definition) is 1. The number of aryl methyl sites for hydroxylation is 1. The molecular formula is C36H41ClF3N3O6S. The van der Waals surface area contributed by atoms with E-state index >= 15 is 0 Å². The molecule has 14 heteroatoms. The summed E-state index contributed by atoms with van der Waals surface area (Å²) in [5.41, 5.74) is 2.47. The molecule has 2 amide bonds. The molecule has 1 N–H and O–H groups in total. The van der Waals surface area contributed by atoms with E-state index in [-0.39, 0.29) is 23.8 Å². The fourth-order valence-corrected chi connectivity index (χ4v) is 9.81. The second-order valence-corrected chi connectivity index (χ2v) is 16.8. The third-order valence-electron chi connectivity index (χ3n) is 10.8. The van der Waals surface area contributed by atoms with Crippen molar-refractivity contribution in [2.24, 2.45) is 22.1 Å². The van der Waals surface area contributed by atoms with Crippen LogP contribution in [0.2, 0.25) is 5.02 Å². The van der Waals surface area contributed by atoms with Gasteiger partial charge in [0.15, 0.2) is 0 Å². The van der Waals surface area contributed by atoms with Gasteiger partial charge in [0.25, 0.3) is 5.91 Å². The quantitative estimate of drug-likeness (QED) is 0.262. The van der Waals surface area contributed by atoms with Crippen molar-refractivity contribution in [3.63, 3.8) is 0 Å². The maximum atomic E-state index is 14.2. The summed E-state index contributed by atoms with van der Waals surface area (Å²) in [5, 5.41) is -0.511. The molecule has 50 heavy (non-hydrogen) atoms. The zero-order chi connectivity index (χ0) is 36.0. The second-order valence-electron chi connectivity index (χ2n) is 14.1. The van der Waals surface area contributed by atoms with E-state index in [1.54, 1.807) is 35.9 Å². The smallest absolute Gasteiger partial charge is 0.472 e. The van der Waals surface area contributed by atoms with Gasteiger partial charge in [0.1, 0.15) is 21.8 Å². The van der Waals surface area contributed by atoms with Crippen molar-refractivity contribution in [3.05, 3.63) is 70.3 Å². The molecule has 2 bridgehead atoms. The van der Waals surface area contributed by atoms with E-state index in [0.717, 1.165) is 43.2 Å². The molecule has 2 aliphatic carbocycles. The van der Waals surface area contributed by atoms with Gasteiger partial charge in [-0.2, -0.15) is 13.2 Å². The van der Waals surface area contributed by atoms with Crippen molar-refractivity contribution in [2.75, 3.05) is 24.6 Å². The van der Waals surface area contributed by atoms with Crippen LogP contribution in [0.1, 0.15) is 74.4 Å². The summed E-state index contributed by atoms with van der Waals surface area (Å²) in [6.07, 6.45) is 2.21. The second kappa shape index (κ2) is 13.9. The van der Waals surface area contributed by atoms with Crippen LogP contribution in [0, 0.1) is 17.8 Å². The Morgan fingerprint density at radius 3 is 2.64 bits per heavy atom. The number of nitrogens with zero attached hydrogens (tertiary/aromatic N) is 2. The molecule has 0 saturated heterocycles. The van der Waals surface area contributed by atoms with Crippen LogP contribution in [-0.4, -0.2) is 59.2 Å². The topological polar surface area (TPSA) is 114 Å². The van der Waals surface area contributed by atoms with Crippen molar-refractivity contribution in [1.29, 1.82) is 0 Å². The first kappa shape index (κ1) is 36.2. The molecule has 1 spiro atoms. The number of benzene rings is 2. The molecule has 1 fully saturated rings. The summed E-state index contributed by atoms with van der Waals surface area (Å²) < 4.78 is 72.1. The summed E-state index contributed by atoms with van der Waals surface area (Å²) in [5.74, 6) is -3.86. The molecule has 9 nitrogen and oxygen atoms in total. The van der Waals surface area contributed by atoms with Crippen molar-refractivity contribution in [1.82, 2.24) is 4.72 Å². The number of fused-ring (bicyclic) bond motifs is 4. The van der Waals surface area contributed by atoms with Crippen molar-refractivity contribution in [2.45, 2.75) is 82.2 Å². The zero-order valence-electron chi connectivity index (χ0n) is 28.1. The van der Waals surface area contributed by atoms with Crippen LogP contribution in [0.3, 0.4) is 0 Å². The molecule has 0 radical (unpaired) electrons. The first-order valence-electron chi connectivity index (χ1n) is 16.9. The average molecular weight is 736 g/mol. The van der Waals surface area contributed by atoms with Crippen LogP contribution in [0.5, 0.6) is 5.75 Å².